The average Bonchev–Trinajstić information content (AvgIpc) is 3.27. The van der Waals surface area contributed by atoms with Crippen LogP contribution in [0.4, 0.5) is 0 Å². The molecule has 8 heteroatoms. The summed E-state index contributed by atoms with van der Waals surface area (Å²) in [5.74, 6) is 0.614. The van der Waals surface area contributed by atoms with Crippen LogP contribution in [-0.2, 0) is 21.2 Å². The van der Waals surface area contributed by atoms with Gasteiger partial charge in [-0.3, -0.25) is 4.79 Å². The van der Waals surface area contributed by atoms with E-state index in [9.17, 15) is 13.2 Å². The number of Topliss-reactive ketones (excluding diaryl/α,β-unsaturated/α-hetero) is 1. The van der Waals surface area contributed by atoms with E-state index in [1.807, 2.05) is 35.7 Å². The molecule has 2 heterocycles. The van der Waals surface area contributed by atoms with Crippen molar-refractivity contribution in [2.75, 3.05) is 19.7 Å². The maximum absolute atomic E-state index is 12.8. The number of para-hydroxylation sites is 1. The van der Waals surface area contributed by atoms with Crippen molar-refractivity contribution < 1.29 is 17.9 Å². The highest BCUT2D eigenvalue weighted by Gasteiger charge is 2.25. The van der Waals surface area contributed by atoms with Crippen LogP contribution in [0.15, 0.2) is 64.9 Å². The van der Waals surface area contributed by atoms with Crippen LogP contribution in [0.2, 0.25) is 0 Å². The average molecular weight is 457 g/mol. The fourth-order valence-electron chi connectivity index (χ4n) is 3.48. The normalized spacial score (nSPS) is 15.0. The van der Waals surface area contributed by atoms with Gasteiger partial charge in [-0.25, -0.2) is 13.4 Å². The summed E-state index contributed by atoms with van der Waals surface area (Å²) in [7, 11) is -3.44. The molecule has 0 bridgehead atoms. The lowest BCUT2D eigenvalue weighted by atomic mass is 10.2. The van der Waals surface area contributed by atoms with Gasteiger partial charge in [-0.2, -0.15) is 4.31 Å². The number of nitrogens with zero attached hydrogens (tertiary/aromatic N) is 2. The van der Waals surface area contributed by atoms with Crippen LogP contribution in [0.25, 0.3) is 11.3 Å². The Kier molecular flexibility index (Phi) is 6.80. The third kappa shape index (κ3) is 5.39. The first-order chi connectivity index (χ1) is 15.0. The molecule has 0 unspecified atom stereocenters. The summed E-state index contributed by atoms with van der Waals surface area (Å²) in [5, 5.41) is 2.59. The molecule has 2 aromatic carbocycles. The minimum atomic E-state index is -3.44. The molecule has 0 aliphatic carbocycles. The topological polar surface area (TPSA) is 76.6 Å². The molecule has 1 aromatic heterocycles. The number of thiazole rings is 1. The Morgan fingerprint density at radius 1 is 1.00 bits per heavy atom. The van der Waals surface area contributed by atoms with Gasteiger partial charge in [0.1, 0.15) is 17.4 Å². The summed E-state index contributed by atoms with van der Waals surface area (Å²) in [6.07, 6.45) is 3.11. The van der Waals surface area contributed by atoms with Crippen LogP contribution >= 0.6 is 11.3 Å². The van der Waals surface area contributed by atoms with E-state index in [0.29, 0.717) is 28.7 Å². The minimum absolute atomic E-state index is 0.00197. The lowest BCUT2D eigenvalue weighted by Gasteiger charge is -2.25. The van der Waals surface area contributed by atoms with Crippen LogP contribution in [0.5, 0.6) is 5.75 Å². The second kappa shape index (κ2) is 9.72. The number of ketones is 1. The van der Waals surface area contributed by atoms with Crippen molar-refractivity contribution in [3.05, 3.63) is 65.0 Å². The van der Waals surface area contributed by atoms with E-state index < -0.39 is 10.0 Å². The second-order valence-corrected chi connectivity index (χ2v) is 10.3. The van der Waals surface area contributed by atoms with E-state index in [0.717, 1.165) is 30.5 Å². The second-order valence-electron chi connectivity index (χ2n) is 7.43. The van der Waals surface area contributed by atoms with Crippen LogP contribution in [0, 0.1) is 0 Å². The first-order valence-electron chi connectivity index (χ1n) is 10.3. The van der Waals surface area contributed by atoms with E-state index in [2.05, 4.69) is 4.98 Å². The molecule has 3 aromatic rings. The van der Waals surface area contributed by atoms with Crippen LogP contribution < -0.4 is 4.74 Å². The van der Waals surface area contributed by atoms with Gasteiger partial charge in [-0.1, -0.05) is 36.8 Å². The van der Waals surface area contributed by atoms with E-state index in [1.54, 1.807) is 28.6 Å². The monoisotopic (exact) mass is 456 g/mol. The van der Waals surface area contributed by atoms with E-state index in [1.165, 1.54) is 11.3 Å². The summed E-state index contributed by atoms with van der Waals surface area (Å²) < 4.78 is 32.6. The number of aromatic nitrogens is 1. The summed E-state index contributed by atoms with van der Waals surface area (Å²) in [6.45, 7) is 1.17. The van der Waals surface area contributed by atoms with Crippen molar-refractivity contribution in [1.82, 2.24) is 9.29 Å². The third-order valence-electron chi connectivity index (χ3n) is 5.15. The first kappa shape index (κ1) is 21.7. The molecule has 1 fully saturated rings. The lowest BCUT2D eigenvalue weighted by Crippen LogP contribution is -2.35. The highest BCUT2D eigenvalue weighted by Crippen LogP contribution is 2.26. The molecule has 6 nitrogen and oxygen atoms in total. The molecule has 0 N–H and O–H groups in total. The quantitative estimate of drug-likeness (QED) is 0.508. The number of piperidine rings is 1. The Hall–Kier alpha value is -2.55. The summed E-state index contributed by atoms with van der Waals surface area (Å²) in [6, 6.07) is 16.0. The van der Waals surface area contributed by atoms with Gasteiger partial charge in [-0.15, -0.1) is 11.3 Å². The van der Waals surface area contributed by atoms with Gasteiger partial charge in [0.2, 0.25) is 10.0 Å². The number of rotatable bonds is 8. The maximum Gasteiger partial charge on any atom is 0.243 e. The van der Waals surface area contributed by atoms with Gasteiger partial charge in [0.25, 0.3) is 0 Å². The largest absolute Gasteiger partial charge is 0.486 e. The van der Waals surface area contributed by atoms with Crippen molar-refractivity contribution in [2.24, 2.45) is 0 Å². The Bertz CT molecular complexity index is 1120. The van der Waals surface area contributed by atoms with Crippen LogP contribution in [0.1, 0.15) is 24.3 Å². The molecule has 0 atom stereocenters. The number of benzene rings is 2. The number of sulfonamides is 1. The van der Waals surface area contributed by atoms with E-state index >= 15 is 0 Å². The SMILES string of the molecule is O=C(COc1ccccc1)Cc1nc(-c2ccc(S(=O)(=O)N3CCCCC3)cc2)cs1. The fraction of sp³-hybridized carbons (Fsp3) is 0.304. The third-order valence-corrected chi connectivity index (χ3v) is 7.91. The Labute approximate surface area is 186 Å². The summed E-state index contributed by atoms with van der Waals surface area (Å²) in [4.78, 5) is 17.1. The van der Waals surface area contributed by atoms with Gasteiger partial charge in [0, 0.05) is 24.0 Å². The summed E-state index contributed by atoms with van der Waals surface area (Å²) in [5.41, 5.74) is 1.56. The van der Waals surface area contributed by atoms with Crippen molar-refractivity contribution >= 4 is 27.1 Å². The number of hydrogen-bond donors (Lipinski definition) is 0. The van der Waals surface area contributed by atoms with Crippen molar-refractivity contribution in [3.8, 4) is 17.0 Å². The van der Waals surface area contributed by atoms with Crippen LogP contribution in [0.3, 0.4) is 0 Å². The number of carbonyl (C=O) groups excluding carboxylic acids is 1. The Morgan fingerprint density at radius 2 is 1.71 bits per heavy atom. The van der Waals surface area contributed by atoms with Gasteiger partial charge >= 0.3 is 0 Å². The molecule has 0 saturated carbocycles. The lowest BCUT2D eigenvalue weighted by molar-refractivity contribution is -0.120. The maximum atomic E-state index is 12.8. The Morgan fingerprint density at radius 3 is 2.42 bits per heavy atom. The zero-order valence-corrected chi connectivity index (χ0v) is 18.7. The first-order valence-corrected chi connectivity index (χ1v) is 12.6. The van der Waals surface area contributed by atoms with Crippen molar-refractivity contribution in [2.45, 2.75) is 30.6 Å². The van der Waals surface area contributed by atoms with E-state index in [4.69, 9.17) is 4.74 Å². The zero-order chi connectivity index (χ0) is 21.7. The molecule has 31 heavy (non-hydrogen) atoms. The number of hydrogen-bond acceptors (Lipinski definition) is 6. The molecular formula is C23H24N2O4S2. The molecular weight excluding hydrogens is 432 g/mol. The van der Waals surface area contributed by atoms with Gasteiger partial charge in [0.05, 0.1) is 17.0 Å². The summed E-state index contributed by atoms with van der Waals surface area (Å²) >= 11 is 1.41. The predicted octanol–water partition coefficient (Wildman–Crippen LogP) is 4.18. The molecule has 162 valence electrons. The van der Waals surface area contributed by atoms with Crippen LogP contribution in [-0.4, -0.2) is 43.2 Å². The molecule has 1 aliphatic rings. The molecule has 4 rings (SSSR count). The standard InChI is InChI=1S/C23H24N2O4S2/c26-19(16-29-20-7-3-1-4-8-20)15-23-24-22(17-30-23)18-9-11-21(12-10-18)31(27,28)25-13-5-2-6-14-25/h1,3-4,7-12,17H,2,5-6,13-16H2. The van der Waals surface area contributed by atoms with Gasteiger partial charge < -0.3 is 4.74 Å². The fourth-order valence-corrected chi connectivity index (χ4v) is 5.83. The molecule has 0 spiro atoms. The zero-order valence-electron chi connectivity index (χ0n) is 17.1. The molecule has 1 aliphatic heterocycles. The minimum Gasteiger partial charge on any atom is -0.486 e. The predicted molar refractivity (Wildman–Crippen MR) is 121 cm³/mol. The number of carbonyl (C=O) groups is 1. The molecule has 0 amide bonds. The van der Waals surface area contributed by atoms with E-state index in [-0.39, 0.29) is 18.8 Å². The highest BCUT2D eigenvalue weighted by molar-refractivity contribution is 7.89. The Balaban J connectivity index is 1.38. The van der Waals surface area contributed by atoms with Gasteiger partial charge in [0.15, 0.2) is 5.78 Å². The van der Waals surface area contributed by atoms with Gasteiger partial charge in [-0.05, 0) is 37.1 Å². The molecule has 0 radical (unpaired) electrons. The molecule has 1 saturated heterocycles. The highest BCUT2D eigenvalue weighted by atomic mass is 32.2. The number of ether oxygens (including phenoxy) is 1. The smallest absolute Gasteiger partial charge is 0.243 e. The van der Waals surface area contributed by atoms with Crippen molar-refractivity contribution in [1.29, 1.82) is 0 Å². The van der Waals surface area contributed by atoms with Crippen molar-refractivity contribution in [3.63, 3.8) is 0 Å².